The monoisotopic (exact) mass is 342 g/mol. The molecule has 23 heavy (non-hydrogen) atoms. The smallest absolute Gasteiger partial charge is 0.355 e. The zero-order chi connectivity index (χ0) is 17.0. The number of halogens is 2. The van der Waals surface area contributed by atoms with Crippen LogP contribution in [0.4, 0.5) is 8.78 Å². The van der Waals surface area contributed by atoms with Crippen molar-refractivity contribution in [2.75, 3.05) is 0 Å². The fourth-order valence-corrected chi connectivity index (χ4v) is 2.31. The second kappa shape index (κ2) is 7.14. The molecule has 0 aliphatic heterocycles. The van der Waals surface area contributed by atoms with E-state index in [0.29, 0.717) is 5.01 Å². The zero-order valence-electron chi connectivity index (χ0n) is 11.9. The molecule has 2 N–H and O–H groups in total. The Hall–Kier alpha value is -2.55. The van der Waals surface area contributed by atoms with Gasteiger partial charge in [0, 0.05) is 11.4 Å². The molecule has 9 heteroatoms. The number of nitrogens with one attached hydrogen (secondary N) is 1. The van der Waals surface area contributed by atoms with Crippen LogP contribution in [0.15, 0.2) is 23.6 Å². The number of aromatic carboxylic acids is 1. The number of hydrogen-bond donors (Lipinski definition) is 2. The van der Waals surface area contributed by atoms with Gasteiger partial charge in [-0.1, -0.05) is 0 Å². The van der Waals surface area contributed by atoms with Crippen molar-refractivity contribution in [1.29, 1.82) is 0 Å². The van der Waals surface area contributed by atoms with Gasteiger partial charge in [0.2, 0.25) is 0 Å². The summed E-state index contributed by atoms with van der Waals surface area (Å²) in [6.45, 7) is 1.49. The molecule has 0 aliphatic rings. The van der Waals surface area contributed by atoms with E-state index in [0.717, 1.165) is 23.5 Å². The minimum atomic E-state index is -1.14. The molecule has 0 spiro atoms. The summed E-state index contributed by atoms with van der Waals surface area (Å²) in [5.74, 6) is -3.70. The van der Waals surface area contributed by atoms with E-state index < -0.39 is 29.6 Å². The van der Waals surface area contributed by atoms with Crippen LogP contribution in [0.3, 0.4) is 0 Å². The molecule has 2 aromatic rings. The fourth-order valence-electron chi connectivity index (χ4n) is 1.60. The summed E-state index contributed by atoms with van der Waals surface area (Å²) in [4.78, 5) is 26.4. The second-order valence-corrected chi connectivity index (χ2v) is 5.43. The molecule has 0 bridgehead atoms. The molecule has 1 aromatic heterocycles. The van der Waals surface area contributed by atoms with Crippen LogP contribution in [0.2, 0.25) is 0 Å². The van der Waals surface area contributed by atoms with Crippen LogP contribution in [0.1, 0.15) is 22.4 Å². The first-order chi connectivity index (χ1) is 10.9. The minimum Gasteiger partial charge on any atom is -0.481 e. The number of carboxylic acids is 1. The van der Waals surface area contributed by atoms with Crippen LogP contribution in [-0.4, -0.2) is 28.1 Å². The lowest BCUT2D eigenvalue weighted by Crippen LogP contribution is -2.35. The third-order valence-electron chi connectivity index (χ3n) is 2.76. The number of amides is 1. The number of carbonyl (C=O) groups excluding carboxylic acids is 1. The van der Waals surface area contributed by atoms with Gasteiger partial charge in [0.25, 0.3) is 5.91 Å². The number of thiazole rings is 1. The molecule has 1 atom stereocenters. The van der Waals surface area contributed by atoms with Gasteiger partial charge in [0.1, 0.15) is 10.8 Å². The maximum absolute atomic E-state index is 13.1. The standard InChI is InChI=1S/C14H12F2N2O4S/c1-7(22-8-2-3-9(15)10(16)4-8)13(19)17-5-12-18-11(6-23-12)14(20)21/h2-4,6-7H,5H2,1H3,(H,17,19)(H,20,21)/t7-/m1/s1. The van der Waals surface area contributed by atoms with Gasteiger partial charge in [-0.3, -0.25) is 4.79 Å². The Kier molecular flexibility index (Phi) is 5.22. The molecule has 0 radical (unpaired) electrons. The molecule has 0 fully saturated rings. The van der Waals surface area contributed by atoms with Crippen molar-refractivity contribution in [2.24, 2.45) is 0 Å². The van der Waals surface area contributed by atoms with E-state index in [1.165, 1.54) is 18.4 Å². The molecule has 0 saturated carbocycles. The van der Waals surface area contributed by atoms with Crippen molar-refractivity contribution in [3.05, 3.63) is 45.9 Å². The van der Waals surface area contributed by atoms with Gasteiger partial charge < -0.3 is 15.2 Å². The number of aromatic nitrogens is 1. The van der Waals surface area contributed by atoms with Gasteiger partial charge in [-0.05, 0) is 19.1 Å². The van der Waals surface area contributed by atoms with Crippen molar-refractivity contribution < 1.29 is 28.2 Å². The Labute approximate surface area is 133 Å². The number of nitrogens with zero attached hydrogens (tertiary/aromatic N) is 1. The molecular formula is C14H12F2N2O4S. The summed E-state index contributed by atoms with van der Waals surface area (Å²) in [5.41, 5.74) is -0.0923. The van der Waals surface area contributed by atoms with Crippen molar-refractivity contribution in [2.45, 2.75) is 19.6 Å². The van der Waals surface area contributed by atoms with Gasteiger partial charge in [-0.25, -0.2) is 18.6 Å². The summed E-state index contributed by atoms with van der Waals surface area (Å²) in [6.07, 6.45) is -0.946. The summed E-state index contributed by atoms with van der Waals surface area (Å²) in [5, 5.41) is 13.1. The molecule has 1 heterocycles. The molecule has 0 saturated heterocycles. The molecule has 6 nitrogen and oxygen atoms in total. The predicted octanol–water partition coefficient (Wildman–Crippen LogP) is 2.20. The highest BCUT2D eigenvalue weighted by atomic mass is 32.1. The highest BCUT2D eigenvalue weighted by Crippen LogP contribution is 2.17. The van der Waals surface area contributed by atoms with E-state index in [-0.39, 0.29) is 18.0 Å². The van der Waals surface area contributed by atoms with E-state index in [9.17, 15) is 18.4 Å². The Morgan fingerprint density at radius 1 is 1.39 bits per heavy atom. The molecule has 1 amide bonds. The predicted molar refractivity (Wildman–Crippen MR) is 77.4 cm³/mol. The lowest BCUT2D eigenvalue weighted by atomic mass is 10.3. The summed E-state index contributed by atoms with van der Waals surface area (Å²) in [6, 6.07) is 2.96. The molecule has 0 unspecified atom stereocenters. The first-order valence-corrected chi connectivity index (χ1v) is 7.32. The normalized spacial score (nSPS) is 11.8. The van der Waals surface area contributed by atoms with Crippen LogP contribution in [0.25, 0.3) is 0 Å². The highest BCUT2D eigenvalue weighted by molar-refractivity contribution is 7.09. The van der Waals surface area contributed by atoms with Crippen molar-refractivity contribution >= 4 is 23.2 Å². The Morgan fingerprint density at radius 2 is 2.13 bits per heavy atom. The highest BCUT2D eigenvalue weighted by Gasteiger charge is 2.16. The lowest BCUT2D eigenvalue weighted by molar-refractivity contribution is -0.127. The van der Waals surface area contributed by atoms with Gasteiger partial charge in [-0.15, -0.1) is 11.3 Å². The van der Waals surface area contributed by atoms with E-state index in [2.05, 4.69) is 10.3 Å². The van der Waals surface area contributed by atoms with Crippen molar-refractivity contribution in [1.82, 2.24) is 10.3 Å². The molecule has 0 aliphatic carbocycles. The van der Waals surface area contributed by atoms with Crippen molar-refractivity contribution in [3.63, 3.8) is 0 Å². The molecule has 2 rings (SSSR count). The van der Waals surface area contributed by atoms with Crippen LogP contribution >= 0.6 is 11.3 Å². The maximum Gasteiger partial charge on any atom is 0.355 e. The topological polar surface area (TPSA) is 88.5 Å². The van der Waals surface area contributed by atoms with Gasteiger partial charge in [0.05, 0.1) is 6.54 Å². The average molecular weight is 342 g/mol. The van der Waals surface area contributed by atoms with Crippen LogP contribution < -0.4 is 10.1 Å². The van der Waals surface area contributed by atoms with Crippen LogP contribution in [0.5, 0.6) is 5.75 Å². The quantitative estimate of drug-likeness (QED) is 0.840. The number of carboxylic acid groups (broad SMARTS) is 1. The average Bonchev–Trinajstić information content (AvgIpc) is 2.97. The third-order valence-corrected chi connectivity index (χ3v) is 3.61. The zero-order valence-corrected chi connectivity index (χ0v) is 12.7. The first kappa shape index (κ1) is 16.8. The second-order valence-electron chi connectivity index (χ2n) is 4.49. The Balaban J connectivity index is 1.89. The van der Waals surface area contributed by atoms with Gasteiger partial charge in [-0.2, -0.15) is 0 Å². The van der Waals surface area contributed by atoms with Crippen LogP contribution in [0, 0.1) is 11.6 Å². The van der Waals surface area contributed by atoms with E-state index in [1.807, 2.05) is 0 Å². The summed E-state index contributed by atoms with van der Waals surface area (Å²) in [7, 11) is 0. The van der Waals surface area contributed by atoms with Crippen molar-refractivity contribution in [3.8, 4) is 5.75 Å². The first-order valence-electron chi connectivity index (χ1n) is 6.44. The number of carbonyl (C=O) groups is 2. The number of hydrogen-bond acceptors (Lipinski definition) is 5. The molecule has 122 valence electrons. The Bertz CT molecular complexity index is 735. The maximum atomic E-state index is 13.1. The largest absolute Gasteiger partial charge is 0.481 e. The fraction of sp³-hybridized carbons (Fsp3) is 0.214. The summed E-state index contributed by atoms with van der Waals surface area (Å²) >= 11 is 1.10. The molecular weight excluding hydrogens is 330 g/mol. The lowest BCUT2D eigenvalue weighted by Gasteiger charge is -2.14. The number of ether oxygens (including phenoxy) is 1. The summed E-state index contributed by atoms with van der Waals surface area (Å²) < 4.78 is 31.1. The van der Waals surface area contributed by atoms with Gasteiger partial charge >= 0.3 is 5.97 Å². The third kappa shape index (κ3) is 4.46. The minimum absolute atomic E-state index is 0.0222. The number of rotatable bonds is 6. The van der Waals surface area contributed by atoms with E-state index in [4.69, 9.17) is 9.84 Å². The van der Waals surface area contributed by atoms with Gasteiger partial charge in [0.15, 0.2) is 23.4 Å². The van der Waals surface area contributed by atoms with E-state index in [1.54, 1.807) is 0 Å². The SMILES string of the molecule is C[C@@H](Oc1ccc(F)c(F)c1)C(=O)NCc1nc(C(=O)O)cs1. The van der Waals surface area contributed by atoms with E-state index >= 15 is 0 Å². The van der Waals surface area contributed by atoms with Crippen LogP contribution in [-0.2, 0) is 11.3 Å². The Morgan fingerprint density at radius 3 is 2.74 bits per heavy atom. The molecule has 1 aromatic carbocycles. The number of benzene rings is 1.